The first-order valence-corrected chi connectivity index (χ1v) is 4.80. The maximum Gasteiger partial charge on any atom is 0.125 e. The van der Waals surface area contributed by atoms with Crippen LogP contribution in [-0.2, 0) is 0 Å². The van der Waals surface area contributed by atoms with Crippen molar-refractivity contribution in [3.05, 3.63) is 29.8 Å². The van der Waals surface area contributed by atoms with Gasteiger partial charge in [0, 0.05) is 5.56 Å². The van der Waals surface area contributed by atoms with Crippen molar-refractivity contribution in [2.45, 2.75) is 19.4 Å². The van der Waals surface area contributed by atoms with E-state index >= 15 is 0 Å². The monoisotopic (exact) mass is 196 g/mol. The molecule has 0 saturated heterocycles. The van der Waals surface area contributed by atoms with Gasteiger partial charge in [0.15, 0.2) is 0 Å². The van der Waals surface area contributed by atoms with Crippen LogP contribution in [-0.4, -0.2) is 23.4 Å². The Balaban J connectivity index is 2.79. The van der Waals surface area contributed by atoms with E-state index in [2.05, 4.69) is 0 Å². The van der Waals surface area contributed by atoms with Crippen molar-refractivity contribution in [3.63, 3.8) is 0 Å². The molecule has 0 radical (unpaired) electrons. The van der Waals surface area contributed by atoms with E-state index in [1.165, 1.54) is 0 Å². The van der Waals surface area contributed by atoms with Gasteiger partial charge in [-0.3, -0.25) is 0 Å². The van der Waals surface area contributed by atoms with Crippen LogP contribution in [0.2, 0.25) is 0 Å². The molecule has 1 aromatic carbocycles. The molecule has 0 heterocycles. The summed E-state index contributed by atoms with van der Waals surface area (Å²) in [6.07, 6.45) is 0.157. The minimum Gasteiger partial charge on any atom is -0.491 e. The second-order valence-corrected chi connectivity index (χ2v) is 3.03. The molecular weight excluding hydrogens is 180 g/mol. The van der Waals surface area contributed by atoms with Gasteiger partial charge in [-0.05, 0) is 12.5 Å². The fourth-order valence-electron chi connectivity index (χ4n) is 1.26. The molecule has 0 aliphatic carbocycles. The molecular formula is C11H16O3. The molecule has 0 aliphatic heterocycles. The van der Waals surface area contributed by atoms with E-state index < -0.39 is 6.10 Å². The smallest absolute Gasteiger partial charge is 0.125 e. The maximum atomic E-state index is 9.67. The topological polar surface area (TPSA) is 49.7 Å². The minimum absolute atomic E-state index is 0.0173. The third-order valence-electron chi connectivity index (χ3n) is 2.01. The predicted molar refractivity (Wildman–Crippen MR) is 54.3 cm³/mol. The molecule has 1 rings (SSSR count). The third-order valence-corrected chi connectivity index (χ3v) is 2.01. The van der Waals surface area contributed by atoms with Crippen LogP contribution in [0.3, 0.4) is 0 Å². The SMILES string of the molecule is CC[C@H](O)c1ccccc1OCCO. The third kappa shape index (κ3) is 2.72. The Labute approximate surface area is 84.0 Å². The summed E-state index contributed by atoms with van der Waals surface area (Å²) in [6.45, 7) is 2.15. The van der Waals surface area contributed by atoms with Crippen LogP contribution in [0.1, 0.15) is 25.0 Å². The zero-order valence-corrected chi connectivity index (χ0v) is 8.31. The quantitative estimate of drug-likeness (QED) is 0.750. The predicted octanol–water partition coefficient (Wildman–Crippen LogP) is 1.50. The van der Waals surface area contributed by atoms with Gasteiger partial charge in [0.1, 0.15) is 12.4 Å². The summed E-state index contributed by atoms with van der Waals surface area (Å²) in [7, 11) is 0. The van der Waals surface area contributed by atoms with Crippen LogP contribution >= 0.6 is 0 Å². The molecule has 78 valence electrons. The molecule has 0 fully saturated rings. The molecule has 14 heavy (non-hydrogen) atoms. The fourth-order valence-corrected chi connectivity index (χ4v) is 1.26. The fraction of sp³-hybridized carbons (Fsp3) is 0.455. The Bertz CT molecular complexity index is 273. The van der Waals surface area contributed by atoms with Crippen molar-refractivity contribution in [2.24, 2.45) is 0 Å². The lowest BCUT2D eigenvalue weighted by molar-refractivity contribution is 0.160. The first kappa shape index (κ1) is 11.0. The van der Waals surface area contributed by atoms with E-state index in [4.69, 9.17) is 9.84 Å². The van der Waals surface area contributed by atoms with Crippen molar-refractivity contribution in [1.82, 2.24) is 0 Å². The van der Waals surface area contributed by atoms with E-state index in [9.17, 15) is 5.11 Å². The number of rotatable bonds is 5. The lowest BCUT2D eigenvalue weighted by Crippen LogP contribution is -2.05. The van der Waals surface area contributed by atoms with E-state index in [0.717, 1.165) is 5.56 Å². The van der Waals surface area contributed by atoms with Crippen molar-refractivity contribution < 1.29 is 14.9 Å². The number of aliphatic hydroxyl groups excluding tert-OH is 2. The molecule has 0 unspecified atom stereocenters. The summed E-state index contributed by atoms with van der Waals surface area (Å²) >= 11 is 0. The van der Waals surface area contributed by atoms with Crippen LogP contribution in [0.15, 0.2) is 24.3 Å². The second kappa shape index (κ2) is 5.62. The summed E-state index contributed by atoms with van der Waals surface area (Å²) in [6, 6.07) is 7.34. The zero-order valence-electron chi connectivity index (χ0n) is 8.31. The minimum atomic E-state index is -0.495. The van der Waals surface area contributed by atoms with Gasteiger partial charge in [-0.15, -0.1) is 0 Å². The van der Waals surface area contributed by atoms with Gasteiger partial charge >= 0.3 is 0 Å². The van der Waals surface area contributed by atoms with Gasteiger partial charge in [-0.2, -0.15) is 0 Å². The number of aliphatic hydroxyl groups is 2. The highest BCUT2D eigenvalue weighted by atomic mass is 16.5. The zero-order chi connectivity index (χ0) is 10.4. The lowest BCUT2D eigenvalue weighted by atomic mass is 10.1. The van der Waals surface area contributed by atoms with Gasteiger partial charge < -0.3 is 14.9 Å². The average molecular weight is 196 g/mol. The van der Waals surface area contributed by atoms with Gasteiger partial charge in [0.25, 0.3) is 0 Å². The van der Waals surface area contributed by atoms with E-state index in [1.807, 2.05) is 25.1 Å². The standard InChI is InChI=1S/C11H16O3/c1-2-10(13)9-5-3-4-6-11(9)14-8-7-12/h3-6,10,12-13H,2,7-8H2,1H3/t10-/m0/s1. The second-order valence-electron chi connectivity index (χ2n) is 3.03. The van der Waals surface area contributed by atoms with Crippen molar-refractivity contribution in [3.8, 4) is 5.75 Å². The Morgan fingerprint density at radius 3 is 2.71 bits per heavy atom. The number of ether oxygens (including phenoxy) is 1. The van der Waals surface area contributed by atoms with Crippen LogP contribution in [0.25, 0.3) is 0 Å². The van der Waals surface area contributed by atoms with Crippen LogP contribution < -0.4 is 4.74 Å². The highest BCUT2D eigenvalue weighted by Gasteiger charge is 2.10. The summed E-state index contributed by atoms with van der Waals surface area (Å²) < 4.78 is 5.30. The Hall–Kier alpha value is -1.06. The van der Waals surface area contributed by atoms with E-state index in [1.54, 1.807) is 6.07 Å². The lowest BCUT2D eigenvalue weighted by Gasteiger charge is -2.14. The highest BCUT2D eigenvalue weighted by molar-refractivity contribution is 5.34. The number of hydrogen-bond acceptors (Lipinski definition) is 3. The van der Waals surface area contributed by atoms with Crippen LogP contribution in [0.4, 0.5) is 0 Å². The molecule has 0 saturated carbocycles. The van der Waals surface area contributed by atoms with Crippen molar-refractivity contribution in [1.29, 1.82) is 0 Å². The molecule has 0 amide bonds. The Morgan fingerprint density at radius 2 is 2.07 bits per heavy atom. The van der Waals surface area contributed by atoms with Gasteiger partial charge in [-0.1, -0.05) is 25.1 Å². The maximum absolute atomic E-state index is 9.67. The molecule has 0 bridgehead atoms. The average Bonchev–Trinajstić information content (AvgIpc) is 2.25. The van der Waals surface area contributed by atoms with Gasteiger partial charge in [0.05, 0.1) is 12.7 Å². The largest absolute Gasteiger partial charge is 0.491 e. The molecule has 0 aliphatic rings. The van der Waals surface area contributed by atoms with Crippen molar-refractivity contribution in [2.75, 3.05) is 13.2 Å². The first-order chi connectivity index (χ1) is 6.79. The normalized spacial score (nSPS) is 12.5. The van der Waals surface area contributed by atoms with E-state index in [-0.39, 0.29) is 13.2 Å². The molecule has 0 spiro atoms. The molecule has 2 N–H and O–H groups in total. The molecule has 3 nitrogen and oxygen atoms in total. The highest BCUT2D eigenvalue weighted by Crippen LogP contribution is 2.26. The Kier molecular flexibility index (Phi) is 4.43. The molecule has 1 atom stereocenters. The summed E-state index contributed by atoms with van der Waals surface area (Å²) in [4.78, 5) is 0. The van der Waals surface area contributed by atoms with Gasteiger partial charge in [0.2, 0.25) is 0 Å². The van der Waals surface area contributed by atoms with Crippen LogP contribution in [0.5, 0.6) is 5.75 Å². The molecule has 3 heteroatoms. The Morgan fingerprint density at radius 1 is 1.36 bits per heavy atom. The van der Waals surface area contributed by atoms with Crippen LogP contribution in [0, 0.1) is 0 Å². The summed E-state index contributed by atoms with van der Waals surface area (Å²) in [5.41, 5.74) is 0.781. The van der Waals surface area contributed by atoms with Gasteiger partial charge in [-0.25, -0.2) is 0 Å². The molecule has 0 aromatic heterocycles. The van der Waals surface area contributed by atoms with Crippen molar-refractivity contribution >= 4 is 0 Å². The number of para-hydroxylation sites is 1. The summed E-state index contributed by atoms with van der Waals surface area (Å²) in [5, 5.41) is 18.3. The number of hydrogen-bond donors (Lipinski definition) is 2. The molecule has 1 aromatic rings. The first-order valence-electron chi connectivity index (χ1n) is 4.80. The number of benzene rings is 1. The van der Waals surface area contributed by atoms with E-state index in [0.29, 0.717) is 12.2 Å². The summed E-state index contributed by atoms with van der Waals surface area (Å²) in [5.74, 6) is 0.649.